The lowest BCUT2D eigenvalue weighted by Gasteiger charge is -2.03. The van der Waals surface area contributed by atoms with Crippen molar-refractivity contribution >= 4 is 45.9 Å². The zero-order valence-corrected chi connectivity index (χ0v) is 15.2. The number of esters is 1. The first-order chi connectivity index (χ1) is 12.6. The number of carbonyl (C=O) groups excluding carboxylic acids is 2. The van der Waals surface area contributed by atoms with Crippen LogP contribution in [0.2, 0.25) is 0 Å². The Bertz CT molecular complexity index is 895. The van der Waals surface area contributed by atoms with E-state index in [1.165, 1.54) is 30.2 Å². The molecule has 2 heterocycles. The first-order valence-corrected chi connectivity index (χ1v) is 9.20. The first-order valence-electron chi connectivity index (χ1n) is 7.40. The minimum Gasteiger partial charge on any atom is -0.463 e. The number of furan rings is 1. The highest BCUT2D eigenvalue weighted by Crippen LogP contribution is 2.29. The van der Waals surface area contributed by atoms with E-state index in [0.717, 1.165) is 0 Å². The summed E-state index contributed by atoms with van der Waals surface area (Å²) in [4.78, 5) is 23.3. The smallest absolute Gasteiger partial charge is 0.373 e. The lowest BCUT2D eigenvalue weighted by molar-refractivity contribution is 0.0563. The molecule has 3 rings (SSSR count). The number of urea groups is 1. The lowest BCUT2D eigenvalue weighted by Crippen LogP contribution is -2.19. The van der Waals surface area contributed by atoms with Crippen molar-refractivity contribution in [1.82, 2.24) is 10.2 Å². The van der Waals surface area contributed by atoms with Crippen LogP contribution >= 0.6 is 23.1 Å². The molecule has 26 heavy (non-hydrogen) atoms. The molecule has 0 saturated carbocycles. The zero-order chi connectivity index (χ0) is 18.4. The molecule has 1 aromatic carbocycles. The van der Waals surface area contributed by atoms with Gasteiger partial charge in [0.15, 0.2) is 4.34 Å². The Morgan fingerprint density at radius 1 is 1.15 bits per heavy atom. The molecule has 0 aliphatic carbocycles. The number of nitrogens with one attached hydrogen (secondary N) is 2. The predicted molar refractivity (Wildman–Crippen MR) is 98.6 cm³/mol. The van der Waals surface area contributed by atoms with Gasteiger partial charge in [-0.15, -0.1) is 10.2 Å². The quantitative estimate of drug-likeness (QED) is 0.374. The third-order valence-electron chi connectivity index (χ3n) is 3.04. The number of benzene rings is 1. The summed E-state index contributed by atoms with van der Waals surface area (Å²) < 4.78 is 10.6. The van der Waals surface area contributed by atoms with Crippen LogP contribution in [0.1, 0.15) is 16.3 Å². The van der Waals surface area contributed by atoms with Crippen LogP contribution < -0.4 is 10.6 Å². The summed E-state index contributed by atoms with van der Waals surface area (Å²) in [6, 6.07) is 12.0. The average molecular weight is 390 g/mol. The largest absolute Gasteiger partial charge is 0.463 e. The Hall–Kier alpha value is -2.85. The second kappa shape index (κ2) is 8.50. The molecule has 10 heteroatoms. The highest BCUT2D eigenvalue weighted by Gasteiger charge is 2.13. The fourth-order valence-corrected chi connectivity index (χ4v) is 3.54. The zero-order valence-electron chi connectivity index (χ0n) is 13.6. The summed E-state index contributed by atoms with van der Waals surface area (Å²) in [7, 11) is 1.29. The SMILES string of the molecule is COC(=O)c1ccc(CSc2nnc(NC(=O)Nc3ccccc3)s2)o1. The van der Waals surface area contributed by atoms with Crippen molar-refractivity contribution in [3.05, 3.63) is 54.0 Å². The molecular weight excluding hydrogens is 376 g/mol. The van der Waals surface area contributed by atoms with Crippen LogP contribution in [0, 0.1) is 0 Å². The summed E-state index contributed by atoms with van der Waals surface area (Å²) in [5, 5.41) is 13.6. The van der Waals surface area contributed by atoms with Crippen molar-refractivity contribution in [3.63, 3.8) is 0 Å². The van der Waals surface area contributed by atoms with Crippen molar-refractivity contribution in [2.75, 3.05) is 17.7 Å². The Labute approximate surface area is 157 Å². The Kier molecular flexibility index (Phi) is 5.87. The van der Waals surface area contributed by atoms with Gasteiger partial charge < -0.3 is 14.5 Å². The van der Waals surface area contributed by atoms with E-state index in [2.05, 4.69) is 25.6 Å². The molecule has 3 aromatic rings. The van der Waals surface area contributed by atoms with Crippen LogP contribution in [0.5, 0.6) is 0 Å². The maximum absolute atomic E-state index is 11.9. The Balaban J connectivity index is 1.50. The van der Waals surface area contributed by atoms with Crippen molar-refractivity contribution < 1.29 is 18.7 Å². The van der Waals surface area contributed by atoms with Crippen molar-refractivity contribution in [2.45, 2.75) is 10.1 Å². The Morgan fingerprint density at radius 2 is 1.96 bits per heavy atom. The highest BCUT2D eigenvalue weighted by molar-refractivity contribution is 8.00. The van der Waals surface area contributed by atoms with Crippen LogP contribution in [0.25, 0.3) is 0 Å². The maximum atomic E-state index is 11.9. The number of thioether (sulfide) groups is 1. The third kappa shape index (κ3) is 4.83. The van der Waals surface area contributed by atoms with E-state index in [9.17, 15) is 9.59 Å². The molecule has 2 amide bonds. The van der Waals surface area contributed by atoms with Crippen molar-refractivity contribution in [1.29, 1.82) is 0 Å². The van der Waals surface area contributed by atoms with Gasteiger partial charge in [0.25, 0.3) is 0 Å². The van der Waals surface area contributed by atoms with E-state index in [1.54, 1.807) is 24.3 Å². The summed E-state index contributed by atoms with van der Waals surface area (Å²) in [6.45, 7) is 0. The number of anilines is 2. The first kappa shape index (κ1) is 18.0. The third-order valence-corrected chi connectivity index (χ3v) is 5.04. The van der Waals surface area contributed by atoms with Gasteiger partial charge in [-0.05, 0) is 24.3 Å². The fourth-order valence-electron chi connectivity index (χ4n) is 1.90. The number of rotatable bonds is 6. The summed E-state index contributed by atoms with van der Waals surface area (Å²) in [6.07, 6.45) is 0. The molecule has 0 fully saturated rings. The van der Waals surface area contributed by atoms with Crippen LogP contribution in [0.15, 0.2) is 51.2 Å². The molecule has 8 nitrogen and oxygen atoms in total. The molecule has 0 saturated heterocycles. The normalized spacial score (nSPS) is 10.3. The predicted octanol–water partition coefficient (Wildman–Crippen LogP) is 3.85. The van der Waals surface area contributed by atoms with E-state index in [-0.39, 0.29) is 5.76 Å². The van der Waals surface area contributed by atoms with Gasteiger partial charge >= 0.3 is 12.0 Å². The highest BCUT2D eigenvalue weighted by atomic mass is 32.2. The summed E-state index contributed by atoms with van der Waals surface area (Å²) >= 11 is 2.63. The molecule has 2 aromatic heterocycles. The lowest BCUT2D eigenvalue weighted by atomic mass is 10.3. The van der Waals surface area contributed by atoms with Gasteiger partial charge in [-0.3, -0.25) is 5.32 Å². The van der Waals surface area contributed by atoms with Gasteiger partial charge in [0.05, 0.1) is 12.9 Å². The maximum Gasteiger partial charge on any atom is 0.373 e. The molecule has 0 bridgehead atoms. The van der Waals surface area contributed by atoms with E-state index in [4.69, 9.17) is 4.42 Å². The number of nitrogens with zero attached hydrogens (tertiary/aromatic N) is 2. The molecule has 134 valence electrons. The Morgan fingerprint density at radius 3 is 2.73 bits per heavy atom. The molecule has 0 atom stereocenters. The molecule has 2 N–H and O–H groups in total. The molecule has 0 aliphatic rings. The minimum atomic E-state index is -0.520. The van der Waals surface area contributed by atoms with Gasteiger partial charge in [0.1, 0.15) is 5.76 Å². The van der Waals surface area contributed by atoms with Gasteiger partial charge in [0, 0.05) is 5.69 Å². The number of para-hydroxylation sites is 1. The molecule has 0 radical (unpaired) electrons. The van der Waals surface area contributed by atoms with Crippen molar-refractivity contribution in [2.24, 2.45) is 0 Å². The van der Waals surface area contributed by atoms with E-state index in [1.807, 2.05) is 18.2 Å². The number of hydrogen-bond acceptors (Lipinski definition) is 8. The number of hydrogen-bond donors (Lipinski definition) is 2. The van der Waals surface area contributed by atoms with Crippen LogP contribution in [0.3, 0.4) is 0 Å². The summed E-state index contributed by atoms with van der Waals surface area (Å²) in [5.41, 5.74) is 0.684. The molecule has 0 unspecified atom stereocenters. The van der Waals surface area contributed by atoms with Crippen LogP contribution in [0.4, 0.5) is 15.6 Å². The number of amides is 2. The minimum absolute atomic E-state index is 0.153. The van der Waals surface area contributed by atoms with Gasteiger partial charge in [-0.1, -0.05) is 41.3 Å². The topological polar surface area (TPSA) is 106 Å². The average Bonchev–Trinajstić information content (AvgIpc) is 3.29. The molecule has 0 aliphatic heterocycles. The number of methoxy groups -OCH3 is 1. The number of aromatic nitrogens is 2. The van der Waals surface area contributed by atoms with E-state index in [0.29, 0.717) is 26.7 Å². The monoisotopic (exact) mass is 390 g/mol. The van der Waals surface area contributed by atoms with Gasteiger partial charge in [0.2, 0.25) is 10.9 Å². The molecule has 0 spiro atoms. The number of ether oxygens (including phenoxy) is 1. The second-order valence-electron chi connectivity index (χ2n) is 4.86. The summed E-state index contributed by atoms with van der Waals surface area (Å²) in [5.74, 6) is 0.720. The number of carbonyl (C=O) groups is 2. The second-order valence-corrected chi connectivity index (χ2v) is 7.06. The van der Waals surface area contributed by atoms with Gasteiger partial charge in [-0.2, -0.15) is 0 Å². The fraction of sp³-hybridized carbons (Fsp3) is 0.125. The van der Waals surface area contributed by atoms with Crippen molar-refractivity contribution in [3.8, 4) is 0 Å². The standard InChI is InChI=1S/C16H14N4O4S2/c1-23-13(21)12-8-7-11(24-12)9-25-16-20-19-15(26-16)18-14(22)17-10-5-3-2-4-6-10/h2-8H,9H2,1H3,(H2,17,18,19,22). The van der Waals surface area contributed by atoms with Crippen LogP contribution in [-0.2, 0) is 10.5 Å². The van der Waals surface area contributed by atoms with Gasteiger partial charge in [-0.25, -0.2) is 9.59 Å². The van der Waals surface area contributed by atoms with Crippen LogP contribution in [-0.4, -0.2) is 29.3 Å². The molecular formula is C16H14N4O4S2. The van der Waals surface area contributed by atoms with E-state index < -0.39 is 12.0 Å². The van der Waals surface area contributed by atoms with E-state index >= 15 is 0 Å².